The molecule has 0 saturated carbocycles. The molecule has 10 nitrogen and oxygen atoms in total. The van der Waals surface area contributed by atoms with Crippen LogP contribution in [0.25, 0.3) is 5.65 Å². The maximum absolute atomic E-state index is 12.7. The Labute approximate surface area is 185 Å². The van der Waals surface area contributed by atoms with Crippen LogP contribution in [0.15, 0.2) is 61.2 Å². The zero-order chi connectivity index (χ0) is 21.9. The van der Waals surface area contributed by atoms with Crippen molar-refractivity contribution in [1.82, 2.24) is 39.8 Å². The number of carbonyl (C=O) groups excluding carboxylic acids is 1. The summed E-state index contributed by atoms with van der Waals surface area (Å²) < 4.78 is 1.90. The van der Waals surface area contributed by atoms with Gasteiger partial charge in [0.25, 0.3) is 5.91 Å². The normalized spacial score (nSPS) is 16.9. The summed E-state index contributed by atoms with van der Waals surface area (Å²) in [5.74, 6) is 1.31. The predicted molar refractivity (Wildman–Crippen MR) is 118 cm³/mol. The molecule has 5 heterocycles. The van der Waals surface area contributed by atoms with Crippen molar-refractivity contribution in [3.05, 3.63) is 78.3 Å². The van der Waals surface area contributed by atoms with E-state index in [2.05, 4.69) is 47.3 Å². The molecule has 1 saturated heterocycles. The van der Waals surface area contributed by atoms with Crippen LogP contribution >= 0.6 is 0 Å². The van der Waals surface area contributed by atoms with Crippen LogP contribution in [0.2, 0.25) is 0 Å². The van der Waals surface area contributed by atoms with Crippen LogP contribution in [0.1, 0.15) is 27.9 Å². The van der Waals surface area contributed by atoms with E-state index in [1.165, 1.54) is 0 Å². The van der Waals surface area contributed by atoms with Crippen molar-refractivity contribution in [1.29, 1.82) is 0 Å². The number of likely N-dealkylation sites (N-methyl/N-ethyl adjacent to an activating group) is 1. The summed E-state index contributed by atoms with van der Waals surface area (Å²) >= 11 is 0. The average molecular weight is 429 g/mol. The lowest BCUT2D eigenvalue weighted by molar-refractivity contribution is 0.0950. The van der Waals surface area contributed by atoms with E-state index in [1.807, 2.05) is 34.7 Å². The van der Waals surface area contributed by atoms with Crippen molar-refractivity contribution in [3.8, 4) is 0 Å². The van der Waals surface area contributed by atoms with Crippen LogP contribution < -0.4 is 10.2 Å². The highest BCUT2D eigenvalue weighted by atomic mass is 16.1. The first kappa shape index (κ1) is 20.0. The topological polar surface area (TPSA) is 104 Å². The number of anilines is 1. The Morgan fingerprint density at radius 3 is 2.69 bits per heavy atom. The highest BCUT2D eigenvalue weighted by molar-refractivity contribution is 5.94. The summed E-state index contributed by atoms with van der Waals surface area (Å²) in [6.45, 7) is 2.71. The molecule has 0 aromatic carbocycles. The van der Waals surface area contributed by atoms with Crippen molar-refractivity contribution >= 4 is 17.5 Å². The Morgan fingerprint density at radius 2 is 1.88 bits per heavy atom. The van der Waals surface area contributed by atoms with Gasteiger partial charge in [0.15, 0.2) is 11.5 Å². The molecule has 1 amide bonds. The molecule has 1 aliphatic heterocycles. The lowest BCUT2D eigenvalue weighted by atomic mass is 10.1. The quantitative estimate of drug-likeness (QED) is 0.507. The lowest BCUT2D eigenvalue weighted by Gasteiger charge is -2.38. The summed E-state index contributed by atoms with van der Waals surface area (Å²) in [4.78, 5) is 30.1. The van der Waals surface area contributed by atoms with Crippen molar-refractivity contribution in [3.63, 3.8) is 0 Å². The van der Waals surface area contributed by atoms with E-state index >= 15 is 0 Å². The molecule has 32 heavy (non-hydrogen) atoms. The van der Waals surface area contributed by atoms with E-state index in [1.54, 1.807) is 30.9 Å². The maximum atomic E-state index is 12.7. The second-order valence-electron chi connectivity index (χ2n) is 7.70. The van der Waals surface area contributed by atoms with Crippen LogP contribution in [-0.4, -0.2) is 67.0 Å². The number of piperazine rings is 1. The van der Waals surface area contributed by atoms with Crippen LogP contribution in [0.3, 0.4) is 0 Å². The van der Waals surface area contributed by atoms with E-state index in [4.69, 9.17) is 0 Å². The number of nitrogens with zero attached hydrogens (tertiary/aromatic N) is 8. The molecule has 0 aliphatic carbocycles. The third-order valence-corrected chi connectivity index (χ3v) is 5.63. The fourth-order valence-electron chi connectivity index (χ4n) is 3.83. The number of hydrogen-bond acceptors (Lipinski definition) is 8. The third kappa shape index (κ3) is 4.00. The van der Waals surface area contributed by atoms with Gasteiger partial charge < -0.3 is 10.2 Å². The molecule has 4 aromatic rings. The van der Waals surface area contributed by atoms with Gasteiger partial charge in [-0.1, -0.05) is 6.07 Å². The molecule has 1 atom stereocenters. The number of rotatable bonds is 5. The van der Waals surface area contributed by atoms with Gasteiger partial charge in [-0.15, -0.1) is 10.2 Å². The van der Waals surface area contributed by atoms with Crippen LogP contribution in [0, 0.1) is 0 Å². The van der Waals surface area contributed by atoms with Gasteiger partial charge in [-0.25, -0.2) is 9.97 Å². The highest BCUT2D eigenvalue weighted by Gasteiger charge is 2.30. The molecule has 10 heteroatoms. The van der Waals surface area contributed by atoms with Gasteiger partial charge in [-0.2, -0.15) is 0 Å². The Kier molecular flexibility index (Phi) is 5.42. The second kappa shape index (κ2) is 8.67. The zero-order valence-electron chi connectivity index (χ0n) is 17.7. The smallest absolute Gasteiger partial charge is 0.253 e. The molecule has 0 radical (unpaired) electrons. The fraction of sp³-hybridized carbons (Fsp3) is 0.273. The van der Waals surface area contributed by atoms with Crippen LogP contribution in [0.5, 0.6) is 0 Å². The molecule has 5 rings (SSSR count). The Bertz CT molecular complexity index is 1210. The standard InChI is InChI=1S/C22H23N9O/c1-29-11-12-30(22-24-9-4-10-25-22)15-18(29)20-28-27-19-7-6-16(14-31(19)20)21(32)26-13-17-5-2-3-8-23-17/h2-10,14,18H,11-13,15H2,1H3,(H,26,32)/t18-/m0/s1. The van der Waals surface area contributed by atoms with Crippen molar-refractivity contribution in [2.75, 3.05) is 31.6 Å². The number of pyridine rings is 2. The summed E-state index contributed by atoms with van der Waals surface area (Å²) in [5, 5.41) is 11.7. The molecule has 0 unspecified atom stereocenters. The lowest BCUT2D eigenvalue weighted by Crippen LogP contribution is -2.47. The molecular weight excluding hydrogens is 406 g/mol. The van der Waals surface area contributed by atoms with Crippen molar-refractivity contribution in [2.24, 2.45) is 0 Å². The molecule has 1 aliphatic rings. The van der Waals surface area contributed by atoms with Gasteiger partial charge in [-0.05, 0) is 37.4 Å². The molecule has 0 bridgehead atoms. The fourth-order valence-corrected chi connectivity index (χ4v) is 3.83. The molecule has 1 fully saturated rings. The van der Waals surface area contributed by atoms with Gasteiger partial charge in [0.1, 0.15) is 0 Å². The second-order valence-corrected chi connectivity index (χ2v) is 7.70. The number of fused-ring (bicyclic) bond motifs is 1. The van der Waals surface area contributed by atoms with E-state index in [9.17, 15) is 4.79 Å². The maximum Gasteiger partial charge on any atom is 0.253 e. The molecule has 4 aromatic heterocycles. The largest absolute Gasteiger partial charge is 0.346 e. The minimum absolute atomic E-state index is 0.0191. The Balaban J connectivity index is 1.38. The van der Waals surface area contributed by atoms with E-state index < -0.39 is 0 Å². The third-order valence-electron chi connectivity index (χ3n) is 5.63. The Hall–Kier alpha value is -3.92. The monoisotopic (exact) mass is 429 g/mol. The van der Waals surface area contributed by atoms with Gasteiger partial charge >= 0.3 is 0 Å². The molecule has 162 valence electrons. The number of nitrogens with one attached hydrogen (secondary N) is 1. The van der Waals surface area contributed by atoms with Gasteiger partial charge in [0, 0.05) is 44.4 Å². The van der Waals surface area contributed by atoms with Gasteiger partial charge in [-0.3, -0.25) is 19.1 Å². The first-order valence-corrected chi connectivity index (χ1v) is 10.4. The predicted octanol–water partition coefficient (Wildman–Crippen LogP) is 1.34. The van der Waals surface area contributed by atoms with Crippen molar-refractivity contribution < 1.29 is 4.79 Å². The number of aromatic nitrogens is 6. The zero-order valence-corrected chi connectivity index (χ0v) is 17.7. The minimum atomic E-state index is -0.173. The minimum Gasteiger partial charge on any atom is -0.346 e. The average Bonchev–Trinajstić information content (AvgIpc) is 3.27. The molecule has 0 spiro atoms. The summed E-state index contributed by atoms with van der Waals surface area (Å²) in [6.07, 6.45) is 7.00. The SMILES string of the molecule is CN1CCN(c2ncccn2)C[C@H]1c1nnc2ccc(C(=O)NCc3ccccn3)cn12. The van der Waals surface area contributed by atoms with E-state index in [0.717, 1.165) is 24.6 Å². The van der Waals surface area contributed by atoms with Gasteiger partial charge in [0.05, 0.1) is 23.8 Å². The highest BCUT2D eigenvalue weighted by Crippen LogP contribution is 2.25. The first-order chi connectivity index (χ1) is 15.7. The molecule has 1 N–H and O–H groups in total. The van der Waals surface area contributed by atoms with E-state index in [-0.39, 0.29) is 11.9 Å². The van der Waals surface area contributed by atoms with E-state index in [0.29, 0.717) is 30.2 Å². The number of carbonyl (C=O) groups is 1. The number of amides is 1. The summed E-state index contributed by atoms with van der Waals surface area (Å²) in [6, 6.07) is 11.0. The van der Waals surface area contributed by atoms with Crippen molar-refractivity contribution in [2.45, 2.75) is 12.6 Å². The van der Waals surface area contributed by atoms with Crippen LogP contribution in [0.4, 0.5) is 5.95 Å². The Morgan fingerprint density at radius 1 is 1.03 bits per heavy atom. The summed E-state index contributed by atoms with van der Waals surface area (Å²) in [7, 11) is 2.07. The van der Waals surface area contributed by atoms with Gasteiger partial charge in [0.2, 0.25) is 5.95 Å². The van der Waals surface area contributed by atoms with Crippen LogP contribution in [-0.2, 0) is 6.54 Å². The summed E-state index contributed by atoms with van der Waals surface area (Å²) in [5.41, 5.74) is 2.04. The first-order valence-electron chi connectivity index (χ1n) is 10.4. The number of hydrogen-bond donors (Lipinski definition) is 1. The molecular formula is C22H23N9O.